The molecule has 0 heterocycles. The molecule has 0 saturated carbocycles. The first-order valence-corrected chi connectivity index (χ1v) is 8.60. The third-order valence-corrected chi connectivity index (χ3v) is 3.81. The van der Waals surface area contributed by atoms with Gasteiger partial charge in [-0.25, -0.2) is 0 Å². The van der Waals surface area contributed by atoms with Gasteiger partial charge in [0, 0.05) is 24.3 Å². The largest absolute Gasteiger partial charge is 0.457 e. The van der Waals surface area contributed by atoms with Crippen LogP contribution in [0.25, 0.3) is 0 Å². The van der Waals surface area contributed by atoms with Gasteiger partial charge in [0.1, 0.15) is 11.5 Å². The van der Waals surface area contributed by atoms with Gasteiger partial charge < -0.3 is 15.4 Å². The van der Waals surface area contributed by atoms with E-state index in [0.29, 0.717) is 24.3 Å². The van der Waals surface area contributed by atoms with Crippen molar-refractivity contribution in [2.75, 3.05) is 17.2 Å². The van der Waals surface area contributed by atoms with Crippen LogP contribution in [-0.4, -0.2) is 12.5 Å². The van der Waals surface area contributed by atoms with Crippen molar-refractivity contribution in [1.82, 2.24) is 0 Å². The van der Waals surface area contributed by atoms with Crippen LogP contribution in [0, 0.1) is 11.3 Å². The van der Waals surface area contributed by atoms with Crippen molar-refractivity contribution in [2.24, 2.45) is 0 Å². The number of hydrogen-bond donors (Lipinski definition) is 2. The van der Waals surface area contributed by atoms with Gasteiger partial charge in [0.05, 0.1) is 11.6 Å². The summed E-state index contributed by atoms with van der Waals surface area (Å²) < 4.78 is 5.73. The van der Waals surface area contributed by atoms with Crippen LogP contribution >= 0.6 is 0 Å². The summed E-state index contributed by atoms with van der Waals surface area (Å²) in [6.45, 7) is 0.507. The average molecular weight is 357 g/mol. The number of nitriles is 1. The first-order chi connectivity index (χ1) is 13.2. The molecule has 1 amide bonds. The zero-order chi connectivity index (χ0) is 18.9. The maximum atomic E-state index is 12.1. The molecule has 3 aromatic carbocycles. The number of hydrogen-bond acceptors (Lipinski definition) is 4. The van der Waals surface area contributed by atoms with Gasteiger partial charge in [-0.05, 0) is 60.7 Å². The first-order valence-electron chi connectivity index (χ1n) is 8.60. The molecule has 134 valence electrons. The number of rotatable bonds is 7. The van der Waals surface area contributed by atoms with Crippen LogP contribution < -0.4 is 15.4 Å². The number of carbonyl (C=O) groups excluding carboxylic acids is 1. The minimum atomic E-state index is -0.0760. The fourth-order valence-electron chi connectivity index (χ4n) is 2.44. The van der Waals surface area contributed by atoms with Crippen LogP contribution in [0.15, 0.2) is 78.9 Å². The number of carbonyl (C=O) groups is 1. The van der Waals surface area contributed by atoms with Gasteiger partial charge in [0.2, 0.25) is 5.91 Å². The standard InChI is InChI=1S/C22H19N3O2/c23-16-17-6-8-18(9-7-17)24-15-14-22(26)25-19-10-12-21(13-11-19)27-20-4-2-1-3-5-20/h1-13,24H,14-15H2,(H,25,26). The van der Waals surface area contributed by atoms with Crippen molar-refractivity contribution in [2.45, 2.75) is 6.42 Å². The monoisotopic (exact) mass is 357 g/mol. The Kier molecular flexibility index (Phi) is 6.05. The summed E-state index contributed by atoms with van der Waals surface area (Å²) in [5.41, 5.74) is 2.21. The molecule has 2 N–H and O–H groups in total. The Balaban J connectivity index is 1.44. The molecule has 3 rings (SSSR count). The number of benzene rings is 3. The summed E-state index contributed by atoms with van der Waals surface area (Å²) in [6.07, 6.45) is 0.336. The van der Waals surface area contributed by atoms with Crippen LogP contribution in [0.3, 0.4) is 0 Å². The molecule has 0 fully saturated rings. The quantitative estimate of drug-likeness (QED) is 0.637. The van der Waals surface area contributed by atoms with E-state index >= 15 is 0 Å². The van der Waals surface area contributed by atoms with E-state index in [0.717, 1.165) is 17.1 Å². The molecule has 0 atom stereocenters. The highest BCUT2D eigenvalue weighted by atomic mass is 16.5. The molecular formula is C22H19N3O2. The molecule has 27 heavy (non-hydrogen) atoms. The molecule has 0 saturated heterocycles. The minimum absolute atomic E-state index is 0.0760. The molecule has 0 aliphatic heterocycles. The second-order valence-electron chi connectivity index (χ2n) is 5.85. The lowest BCUT2D eigenvalue weighted by Crippen LogP contribution is -2.16. The summed E-state index contributed by atoms with van der Waals surface area (Å²) in [4.78, 5) is 12.1. The van der Waals surface area contributed by atoms with E-state index in [1.807, 2.05) is 66.7 Å². The molecule has 0 spiro atoms. The van der Waals surface area contributed by atoms with Gasteiger partial charge in [-0.3, -0.25) is 4.79 Å². The van der Waals surface area contributed by atoms with Crippen LogP contribution in [0.1, 0.15) is 12.0 Å². The predicted octanol–water partition coefficient (Wildman–Crippen LogP) is 4.79. The Morgan fingerprint density at radius 3 is 2.15 bits per heavy atom. The number of ether oxygens (including phenoxy) is 1. The molecule has 0 aromatic heterocycles. The molecule has 0 radical (unpaired) electrons. The normalized spacial score (nSPS) is 9.89. The maximum absolute atomic E-state index is 12.1. The van der Waals surface area contributed by atoms with Gasteiger partial charge in [-0.2, -0.15) is 5.26 Å². The van der Waals surface area contributed by atoms with Crippen LogP contribution in [0.4, 0.5) is 11.4 Å². The van der Waals surface area contributed by atoms with Crippen molar-refractivity contribution >= 4 is 17.3 Å². The lowest BCUT2D eigenvalue weighted by atomic mass is 10.2. The van der Waals surface area contributed by atoms with E-state index in [2.05, 4.69) is 16.7 Å². The summed E-state index contributed by atoms with van der Waals surface area (Å²) >= 11 is 0. The van der Waals surface area contributed by atoms with Gasteiger partial charge >= 0.3 is 0 Å². The maximum Gasteiger partial charge on any atom is 0.226 e. The number of nitrogens with one attached hydrogen (secondary N) is 2. The second kappa shape index (κ2) is 9.07. The van der Waals surface area contributed by atoms with Crippen molar-refractivity contribution in [3.05, 3.63) is 84.4 Å². The Labute approximate surface area is 158 Å². The topological polar surface area (TPSA) is 74.2 Å². The van der Waals surface area contributed by atoms with E-state index in [1.165, 1.54) is 0 Å². The highest BCUT2D eigenvalue weighted by molar-refractivity contribution is 5.91. The van der Waals surface area contributed by atoms with Crippen molar-refractivity contribution < 1.29 is 9.53 Å². The van der Waals surface area contributed by atoms with E-state index < -0.39 is 0 Å². The number of amides is 1. The number of anilines is 2. The Bertz CT molecular complexity index is 915. The summed E-state index contributed by atoms with van der Waals surface area (Å²) in [5, 5.41) is 14.8. The number of para-hydroxylation sites is 1. The van der Waals surface area contributed by atoms with E-state index in [4.69, 9.17) is 10.00 Å². The number of nitrogens with zero attached hydrogens (tertiary/aromatic N) is 1. The zero-order valence-corrected chi connectivity index (χ0v) is 14.7. The second-order valence-corrected chi connectivity index (χ2v) is 5.85. The van der Waals surface area contributed by atoms with Crippen LogP contribution in [-0.2, 0) is 4.79 Å². The molecule has 3 aromatic rings. The average Bonchev–Trinajstić information content (AvgIpc) is 2.71. The molecule has 0 unspecified atom stereocenters. The van der Waals surface area contributed by atoms with E-state index in [9.17, 15) is 4.79 Å². The highest BCUT2D eigenvalue weighted by Crippen LogP contribution is 2.22. The minimum Gasteiger partial charge on any atom is -0.457 e. The summed E-state index contributed by atoms with van der Waals surface area (Å²) in [7, 11) is 0. The van der Waals surface area contributed by atoms with Crippen molar-refractivity contribution in [3.63, 3.8) is 0 Å². The highest BCUT2D eigenvalue weighted by Gasteiger charge is 2.03. The fourth-order valence-corrected chi connectivity index (χ4v) is 2.44. The lowest BCUT2D eigenvalue weighted by Gasteiger charge is -2.09. The van der Waals surface area contributed by atoms with E-state index in [-0.39, 0.29) is 5.91 Å². The van der Waals surface area contributed by atoms with Crippen molar-refractivity contribution in [1.29, 1.82) is 5.26 Å². The van der Waals surface area contributed by atoms with Crippen LogP contribution in [0.2, 0.25) is 0 Å². The predicted molar refractivity (Wildman–Crippen MR) is 106 cm³/mol. The Morgan fingerprint density at radius 1 is 0.852 bits per heavy atom. The lowest BCUT2D eigenvalue weighted by molar-refractivity contribution is -0.115. The molecule has 0 aliphatic carbocycles. The first kappa shape index (κ1) is 18.0. The van der Waals surface area contributed by atoms with Crippen molar-refractivity contribution in [3.8, 4) is 17.6 Å². The SMILES string of the molecule is N#Cc1ccc(NCCC(=O)Nc2ccc(Oc3ccccc3)cc2)cc1. The molecule has 0 aliphatic rings. The Morgan fingerprint density at radius 2 is 1.48 bits per heavy atom. The third-order valence-electron chi connectivity index (χ3n) is 3.81. The zero-order valence-electron chi connectivity index (χ0n) is 14.7. The Hall–Kier alpha value is -3.78. The smallest absolute Gasteiger partial charge is 0.226 e. The molecule has 5 nitrogen and oxygen atoms in total. The fraction of sp³-hybridized carbons (Fsp3) is 0.0909. The molecular weight excluding hydrogens is 338 g/mol. The summed E-state index contributed by atoms with van der Waals surface area (Å²) in [6, 6.07) is 26.0. The van der Waals surface area contributed by atoms with Crippen LogP contribution in [0.5, 0.6) is 11.5 Å². The van der Waals surface area contributed by atoms with E-state index in [1.54, 1.807) is 12.1 Å². The van der Waals surface area contributed by atoms with Gasteiger partial charge in [0.15, 0.2) is 0 Å². The molecule has 0 bridgehead atoms. The molecule has 5 heteroatoms. The van der Waals surface area contributed by atoms with Gasteiger partial charge in [-0.15, -0.1) is 0 Å². The van der Waals surface area contributed by atoms with Gasteiger partial charge in [-0.1, -0.05) is 18.2 Å². The third kappa shape index (κ3) is 5.62. The summed E-state index contributed by atoms with van der Waals surface area (Å²) in [5.74, 6) is 1.40. The van der Waals surface area contributed by atoms with Gasteiger partial charge in [0.25, 0.3) is 0 Å².